The highest BCUT2D eigenvalue weighted by Crippen LogP contribution is 2.25. The van der Waals surface area contributed by atoms with E-state index in [0.717, 1.165) is 5.56 Å². The molecule has 1 aromatic carbocycles. The third kappa shape index (κ3) is 3.46. The molecule has 0 aliphatic carbocycles. The van der Waals surface area contributed by atoms with Crippen LogP contribution in [0, 0.1) is 0 Å². The van der Waals surface area contributed by atoms with Crippen LogP contribution in [0.5, 0.6) is 5.75 Å². The van der Waals surface area contributed by atoms with Gasteiger partial charge in [-0.2, -0.15) is 0 Å². The molecule has 6 heteroatoms. The lowest BCUT2D eigenvalue weighted by Gasteiger charge is -2.33. The number of hydrogen-bond acceptors (Lipinski definition) is 4. The first-order chi connectivity index (χ1) is 11.2. The van der Waals surface area contributed by atoms with Crippen LogP contribution < -0.4 is 4.74 Å². The van der Waals surface area contributed by atoms with E-state index in [4.69, 9.17) is 21.1 Å². The van der Waals surface area contributed by atoms with Gasteiger partial charge in [0.2, 0.25) is 0 Å². The van der Waals surface area contributed by atoms with Crippen LogP contribution >= 0.6 is 11.6 Å². The van der Waals surface area contributed by atoms with Crippen molar-refractivity contribution in [3.05, 3.63) is 58.9 Å². The fourth-order valence-corrected chi connectivity index (χ4v) is 2.70. The number of methoxy groups -OCH3 is 1. The van der Waals surface area contributed by atoms with Crippen molar-refractivity contribution < 1.29 is 14.3 Å². The summed E-state index contributed by atoms with van der Waals surface area (Å²) >= 11 is 5.92. The molecule has 120 valence electrons. The molecule has 2 aromatic rings. The highest BCUT2D eigenvalue weighted by molar-refractivity contribution is 6.30. The van der Waals surface area contributed by atoms with Crippen molar-refractivity contribution in [3.63, 3.8) is 0 Å². The smallest absolute Gasteiger partial charge is 0.276 e. The molecule has 1 fully saturated rings. The molecule has 0 radical (unpaired) electrons. The summed E-state index contributed by atoms with van der Waals surface area (Å²) in [4.78, 5) is 18.6. The van der Waals surface area contributed by atoms with Gasteiger partial charge < -0.3 is 14.4 Å². The van der Waals surface area contributed by atoms with Gasteiger partial charge in [-0.25, -0.2) is 4.98 Å². The minimum Gasteiger partial charge on any atom is -0.494 e. The molecule has 0 spiro atoms. The number of benzene rings is 1. The fraction of sp³-hybridized carbons (Fsp3) is 0.294. The van der Waals surface area contributed by atoms with Crippen molar-refractivity contribution in [2.75, 3.05) is 26.8 Å². The molecule has 1 aromatic heterocycles. The second-order valence-electron chi connectivity index (χ2n) is 5.22. The van der Waals surface area contributed by atoms with E-state index >= 15 is 0 Å². The zero-order chi connectivity index (χ0) is 16.2. The molecule has 0 saturated carbocycles. The number of halogens is 1. The van der Waals surface area contributed by atoms with Gasteiger partial charge in [0.25, 0.3) is 5.91 Å². The zero-order valence-corrected chi connectivity index (χ0v) is 13.5. The van der Waals surface area contributed by atoms with Crippen LogP contribution in [0.25, 0.3) is 0 Å². The van der Waals surface area contributed by atoms with E-state index < -0.39 is 0 Å². The van der Waals surface area contributed by atoms with E-state index in [0.29, 0.717) is 36.2 Å². The molecule has 0 N–H and O–H groups in total. The predicted molar refractivity (Wildman–Crippen MR) is 86.8 cm³/mol. The first kappa shape index (κ1) is 15.8. The van der Waals surface area contributed by atoms with Gasteiger partial charge in [0.15, 0.2) is 5.69 Å². The van der Waals surface area contributed by atoms with E-state index in [2.05, 4.69) is 4.98 Å². The Morgan fingerprint density at radius 1 is 1.35 bits per heavy atom. The summed E-state index contributed by atoms with van der Waals surface area (Å²) in [6.07, 6.45) is 1.42. The maximum absolute atomic E-state index is 12.7. The molecular formula is C17H17ClN2O3. The number of carbonyl (C=O) groups excluding carboxylic acids is 1. The predicted octanol–water partition coefficient (Wildman–Crippen LogP) is 2.96. The van der Waals surface area contributed by atoms with Gasteiger partial charge in [-0.15, -0.1) is 0 Å². The Balaban J connectivity index is 1.78. The Kier molecular flexibility index (Phi) is 4.79. The standard InChI is InChI=1S/C17H17ClN2O3/c1-22-14-3-2-8-19-16(14)17(21)20-9-10-23-15(11-20)12-4-6-13(18)7-5-12/h2-8,15H,9-11H2,1H3/t15-/m1/s1. The third-order valence-corrected chi connectivity index (χ3v) is 4.04. The summed E-state index contributed by atoms with van der Waals surface area (Å²) < 4.78 is 11.0. The summed E-state index contributed by atoms with van der Waals surface area (Å²) in [7, 11) is 1.53. The lowest BCUT2D eigenvalue weighted by molar-refractivity contribution is -0.0231. The molecule has 5 nitrogen and oxygen atoms in total. The Morgan fingerprint density at radius 3 is 2.87 bits per heavy atom. The number of rotatable bonds is 3. The van der Waals surface area contributed by atoms with Gasteiger partial charge in [-0.1, -0.05) is 23.7 Å². The topological polar surface area (TPSA) is 51.7 Å². The van der Waals surface area contributed by atoms with Gasteiger partial charge in [-0.3, -0.25) is 4.79 Å². The van der Waals surface area contributed by atoms with Crippen LogP contribution in [0.1, 0.15) is 22.2 Å². The number of aromatic nitrogens is 1. The van der Waals surface area contributed by atoms with Gasteiger partial charge in [-0.05, 0) is 29.8 Å². The van der Waals surface area contributed by atoms with Crippen LogP contribution in [0.4, 0.5) is 0 Å². The SMILES string of the molecule is COc1cccnc1C(=O)N1CCO[C@@H](c2ccc(Cl)cc2)C1. The van der Waals surface area contributed by atoms with Crippen LogP contribution in [-0.4, -0.2) is 42.6 Å². The second-order valence-corrected chi connectivity index (χ2v) is 5.65. The molecular weight excluding hydrogens is 316 g/mol. The first-order valence-electron chi connectivity index (χ1n) is 7.34. The average Bonchev–Trinajstić information content (AvgIpc) is 2.62. The summed E-state index contributed by atoms with van der Waals surface area (Å²) in [5, 5.41) is 0.677. The summed E-state index contributed by atoms with van der Waals surface area (Å²) in [6.45, 7) is 1.48. The second kappa shape index (κ2) is 6.98. The van der Waals surface area contributed by atoms with E-state index in [1.54, 1.807) is 23.2 Å². The Hall–Kier alpha value is -2.11. The molecule has 1 aliphatic heterocycles. The van der Waals surface area contributed by atoms with Crippen molar-refractivity contribution in [1.29, 1.82) is 0 Å². The molecule has 1 saturated heterocycles. The molecule has 1 amide bonds. The lowest BCUT2D eigenvalue weighted by Crippen LogP contribution is -2.42. The van der Waals surface area contributed by atoms with E-state index in [1.165, 1.54) is 7.11 Å². The summed E-state index contributed by atoms with van der Waals surface area (Å²) in [6, 6.07) is 11.0. The fourth-order valence-electron chi connectivity index (χ4n) is 2.58. The molecule has 0 unspecified atom stereocenters. The largest absolute Gasteiger partial charge is 0.494 e. The Morgan fingerprint density at radius 2 is 2.13 bits per heavy atom. The maximum Gasteiger partial charge on any atom is 0.276 e. The average molecular weight is 333 g/mol. The zero-order valence-electron chi connectivity index (χ0n) is 12.7. The minimum atomic E-state index is -0.167. The monoisotopic (exact) mass is 332 g/mol. The van der Waals surface area contributed by atoms with Gasteiger partial charge in [0.1, 0.15) is 11.9 Å². The van der Waals surface area contributed by atoms with Crippen LogP contribution in [0.15, 0.2) is 42.6 Å². The highest BCUT2D eigenvalue weighted by atomic mass is 35.5. The van der Waals surface area contributed by atoms with E-state index in [9.17, 15) is 4.79 Å². The number of morpholine rings is 1. The molecule has 0 bridgehead atoms. The number of nitrogens with zero attached hydrogens (tertiary/aromatic N) is 2. The first-order valence-corrected chi connectivity index (χ1v) is 7.72. The summed E-state index contributed by atoms with van der Waals surface area (Å²) in [5.74, 6) is 0.330. The van der Waals surface area contributed by atoms with Crippen LogP contribution in [0.2, 0.25) is 5.02 Å². The highest BCUT2D eigenvalue weighted by Gasteiger charge is 2.28. The quantitative estimate of drug-likeness (QED) is 0.867. The summed E-state index contributed by atoms with van der Waals surface area (Å²) in [5.41, 5.74) is 1.33. The third-order valence-electron chi connectivity index (χ3n) is 3.79. The van der Waals surface area contributed by atoms with Gasteiger partial charge in [0, 0.05) is 17.8 Å². The molecule has 3 rings (SSSR count). The van der Waals surface area contributed by atoms with Crippen molar-refractivity contribution in [3.8, 4) is 5.75 Å². The number of ether oxygens (including phenoxy) is 2. The van der Waals surface area contributed by atoms with Gasteiger partial charge in [0.05, 0.1) is 20.3 Å². The van der Waals surface area contributed by atoms with Gasteiger partial charge >= 0.3 is 0 Å². The van der Waals surface area contributed by atoms with Crippen LogP contribution in [0.3, 0.4) is 0 Å². The van der Waals surface area contributed by atoms with Crippen molar-refractivity contribution in [2.24, 2.45) is 0 Å². The number of carbonyl (C=O) groups is 1. The van der Waals surface area contributed by atoms with Crippen molar-refractivity contribution in [2.45, 2.75) is 6.10 Å². The maximum atomic E-state index is 12.7. The lowest BCUT2D eigenvalue weighted by atomic mass is 10.1. The van der Waals surface area contributed by atoms with Crippen LogP contribution in [-0.2, 0) is 4.74 Å². The molecule has 23 heavy (non-hydrogen) atoms. The molecule has 1 aliphatic rings. The number of hydrogen-bond donors (Lipinski definition) is 0. The Labute approximate surface area is 139 Å². The number of amides is 1. The molecule has 2 heterocycles. The van der Waals surface area contributed by atoms with Crippen molar-refractivity contribution >= 4 is 17.5 Å². The molecule has 1 atom stereocenters. The number of pyridine rings is 1. The normalized spacial score (nSPS) is 17.8. The minimum absolute atomic E-state index is 0.148. The van der Waals surface area contributed by atoms with E-state index in [-0.39, 0.29) is 12.0 Å². The van der Waals surface area contributed by atoms with E-state index in [1.807, 2.05) is 24.3 Å². The Bertz CT molecular complexity index is 690. The van der Waals surface area contributed by atoms with Crippen molar-refractivity contribution in [1.82, 2.24) is 9.88 Å².